The minimum Gasteiger partial charge on any atom is -0.352 e. The summed E-state index contributed by atoms with van der Waals surface area (Å²) in [5, 5.41) is 3.11. The van der Waals surface area contributed by atoms with Crippen molar-refractivity contribution in [1.82, 2.24) is 9.88 Å². The molecule has 7 heteroatoms. The summed E-state index contributed by atoms with van der Waals surface area (Å²) >= 11 is 5.36. The molecule has 0 radical (unpaired) electrons. The topological polar surface area (TPSA) is 48.1 Å². The van der Waals surface area contributed by atoms with Crippen LogP contribution in [0.1, 0.15) is 45.8 Å². The van der Waals surface area contributed by atoms with Crippen LogP contribution in [-0.2, 0) is 0 Å². The number of hydrogen-bond acceptors (Lipinski definition) is 3. The lowest BCUT2D eigenvalue weighted by Crippen LogP contribution is -2.38. The first-order valence-electron chi connectivity index (χ1n) is 10.6. The fourth-order valence-electron chi connectivity index (χ4n) is 4.16. The third kappa shape index (κ3) is 4.43. The molecule has 1 aromatic heterocycles. The maximum absolute atomic E-state index is 14.6. The van der Waals surface area contributed by atoms with Gasteiger partial charge in [-0.3, -0.25) is 4.79 Å². The number of H-pyrrole nitrogens is 1. The highest BCUT2D eigenvalue weighted by Gasteiger charge is 2.27. The summed E-state index contributed by atoms with van der Waals surface area (Å²) in [5.74, 6) is -0.443. The third-order valence-electron chi connectivity index (χ3n) is 6.14. The zero-order valence-corrected chi connectivity index (χ0v) is 18.9. The Hall–Kier alpha value is -3.06. The minimum atomic E-state index is -0.357. The molecule has 3 aromatic rings. The van der Waals surface area contributed by atoms with Gasteiger partial charge in [-0.2, -0.15) is 0 Å². The smallest absolute Gasteiger partial charge is 0.257 e. The summed E-state index contributed by atoms with van der Waals surface area (Å²) in [6.07, 6.45) is 3.20. The van der Waals surface area contributed by atoms with Gasteiger partial charge in [0.15, 0.2) is 0 Å². The Balaban J connectivity index is 1.56. The number of nitrogens with zero attached hydrogens (tertiary/aromatic N) is 1. The molecule has 0 aliphatic carbocycles. The fraction of sp³-hybridized carbons (Fsp3) is 0.280. The first-order valence-corrected chi connectivity index (χ1v) is 11.0. The zero-order valence-electron chi connectivity index (χ0n) is 18.0. The van der Waals surface area contributed by atoms with Gasteiger partial charge in [0, 0.05) is 24.8 Å². The van der Waals surface area contributed by atoms with Crippen LogP contribution in [-0.4, -0.2) is 28.9 Å². The van der Waals surface area contributed by atoms with E-state index in [2.05, 4.69) is 10.3 Å². The molecule has 1 aliphatic rings. The van der Waals surface area contributed by atoms with E-state index in [9.17, 15) is 13.6 Å². The summed E-state index contributed by atoms with van der Waals surface area (Å²) in [4.78, 5) is 18.2. The van der Waals surface area contributed by atoms with Crippen LogP contribution in [0.25, 0.3) is 0 Å². The number of amides is 1. The molecule has 2 aromatic carbocycles. The molecule has 0 bridgehead atoms. The van der Waals surface area contributed by atoms with Gasteiger partial charge in [0.1, 0.15) is 16.3 Å². The van der Waals surface area contributed by atoms with Crippen LogP contribution < -0.4 is 5.32 Å². The molecule has 4 rings (SSSR count). The van der Waals surface area contributed by atoms with Crippen molar-refractivity contribution in [2.75, 3.05) is 18.4 Å². The molecule has 1 fully saturated rings. The van der Waals surface area contributed by atoms with Crippen LogP contribution >= 0.6 is 12.2 Å². The van der Waals surface area contributed by atoms with E-state index in [-0.39, 0.29) is 17.5 Å². The van der Waals surface area contributed by atoms with E-state index in [1.807, 2.05) is 24.0 Å². The highest BCUT2D eigenvalue weighted by Crippen LogP contribution is 2.32. The number of rotatable bonds is 4. The summed E-state index contributed by atoms with van der Waals surface area (Å²) in [7, 11) is 0. The number of aryl methyl sites for hydroxylation is 1. The average Bonchev–Trinajstić information content (AvgIpc) is 2.80. The second-order valence-corrected chi connectivity index (χ2v) is 8.62. The largest absolute Gasteiger partial charge is 0.352 e. The third-order valence-corrected chi connectivity index (χ3v) is 6.56. The van der Waals surface area contributed by atoms with Crippen molar-refractivity contribution in [2.45, 2.75) is 32.6 Å². The predicted octanol–water partition coefficient (Wildman–Crippen LogP) is 6.40. The van der Waals surface area contributed by atoms with E-state index in [0.29, 0.717) is 51.7 Å². The normalized spacial score (nSPS) is 14.4. The van der Waals surface area contributed by atoms with E-state index in [4.69, 9.17) is 12.2 Å². The van der Waals surface area contributed by atoms with Crippen LogP contribution in [0.4, 0.5) is 20.2 Å². The molecule has 32 heavy (non-hydrogen) atoms. The Kier molecular flexibility index (Phi) is 6.37. The molecule has 1 amide bonds. The van der Waals surface area contributed by atoms with Crippen molar-refractivity contribution >= 4 is 29.5 Å². The van der Waals surface area contributed by atoms with Crippen molar-refractivity contribution in [1.29, 1.82) is 0 Å². The Morgan fingerprint density at radius 1 is 1.09 bits per heavy atom. The summed E-state index contributed by atoms with van der Waals surface area (Å²) < 4.78 is 28.3. The van der Waals surface area contributed by atoms with Gasteiger partial charge in [-0.1, -0.05) is 36.5 Å². The Labute approximate surface area is 191 Å². The highest BCUT2D eigenvalue weighted by atomic mass is 32.1. The van der Waals surface area contributed by atoms with Crippen LogP contribution in [0.2, 0.25) is 0 Å². The second-order valence-electron chi connectivity index (χ2n) is 8.21. The summed E-state index contributed by atoms with van der Waals surface area (Å²) in [6.45, 7) is 4.69. The molecule has 1 saturated heterocycles. The van der Waals surface area contributed by atoms with E-state index >= 15 is 0 Å². The average molecular weight is 454 g/mol. The van der Waals surface area contributed by atoms with Gasteiger partial charge >= 0.3 is 0 Å². The van der Waals surface area contributed by atoms with Gasteiger partial charge in [0.25, 0.3) is 5.91 Å². The number of anilines is 2. The number of benzene rings is 2. The molecule has 2 N–H and O–H groups in total. The van der Waals surface area contributed by atoms with Crippen LogP contribution in [0.3, 0.4) is 0 Å². The van der Waals surface area contributed by atoms with Crippen LogP contribution in [0.5, 0.6) is 0 Å². The monoisotopic (exact) mass is 453 g/mol. The van der Waals surface area contributed by atoms with Crippen molar-refractivity contribution in [3.8, 4) is 0 Å². The van der Waals surface area contributed by atoms with Crippen molar-refractivity contribution in [3.63, 3.8) is 0 Å². The zero-order chi connectivity index (χ0) is 22.8. The number of carbonyl (C=O) groups is 1. The lowest BCUT2D eigenvalue weighted by molar-refractivity contribution is 0.0713. The molecular weight excluding hydrogens is 428 g/mol. The highest BCUT2D eigenvalue weighted by molar-refractivity contribution is 7.71. The molecule has 1 aliphatic heterocycles. The SMILES string of the molecule is Cc1cccc(Nc2c(C(=O)N3CCC(c4ccc(F)cc4)CC3)c[nH]c(=S)c2C)c1F. The van der Waals surface area contributed by atoms with Gasteiger partial charge in [-0.25, -0.2) is 8.78 Å². The first-order chi connectivity index (χ1) is 15.3. The minimum absolute atomic E-state index is 0.132. The maximum atomic E-state index is 14.6. The van der Waals surface area contributed by atoms with Crippen LogP contribution in [0, 0.1) is 30.1 Å². The van der Waals surface area contributed by atoms with Crippen molar-refractivity contribution < 1.29 is 13.6 Å². The van der Waals surface area contributed by atoms with Crippen molar-refractivity contribution in [2.24, 2.45) is 0 Å². The Bertz CT molecular complexity index is 1200. The summed E-state index contributed by atoms with van der Waals surface area (Å²) in [6, 6.07) is 11.7. The number of hydrogen-bond donors (Lipinski definition) is 2. The molecule has 0 atom stereocenters. The van der Waals surface area contributed by atoms with Crippen LogP contribution in [0.15, 0.2) is 48.7 Å². The molecule has 4 nitrogen and oxygen atoms in total. The van der Waals surface area contributed by atoms with E-state index in [1.165, 1.54) is 12.1 Å². The number of carbonyl (C=O) groups excluding carboxylic acids is 1. The number of aromatic amines is 1. The molecule has 0 saturated carbocycles. The van der Waals surface area contributed by atoms with Gasteiger partial charge < -0.3 is 15.2 Å². The second kappa shape index (κ2) is 9.20. The summed E-state index contributed by atoms with van der Waals surface area (Å²) in [5.41, 5.74) is 3.55. The van der Waals surface area contributed by atoms with Gasteiger partial charge in [0.2, 0.25) is 0 Å². The molecule has 0 spiro atoms. The molecular formula is C25H25F2N3OS. The number of pyridine rings is 1. The number of nitrogens with one attached hydrogen (secondary N) is 2. The van der Waals surface area contributed by atoms with E-state index in [0.717, 1.165) is 18.4 Å². The number of likely N-dealkylation sites (tertiary alicyclic amines) is 1. The number of aromatic nitrogens is 1. The van der Waals surface area contributed by atoms with Crippen molar-refractivity contribution in [3.05, 3.63) is 87.2 Å². The molecule has 0 unspecified atom stereocenters. The molecule has 166 valence electrons. The Morgan fingerprint density at radius 2 is 1.78 bits per heavy atom. The standard InChI is InChI=1S/C25H25F2N3OS/c1-15-4-3-5-21(22(15)27)29-23-16(2)24(32)28-14-20(23)25(31)30-12-10-18(11-13-30)17-6-8-19(26)9-7-17/h3-9,14,18H,10-13H2,1-2H3,(H2,28,29,32). The van der Waals surface area contributed by atoms with E-state index < -0.39 is 0 Å². The lowest BCUT2D eigenvalue weighted by Gasteiger charge is -2.33. The number of halogens is 2. The number of piperidine rings is 1. The first kappa shape index (κ1) is 22.1. The quantitative estimate of drug-likeness (QED) is 0.449. The lowest BCUT2D eigenvalue weighted by atomic mass is 9.89. The molecule has 2 heterocycles. The van der Waals surface area contributed by atoms with Gasteiger partial charge in [-0.15, -0.1) is 0 Å². The van der Waals surface area contributed by atoms with Gasteiger partial charge in [-0.05, 0) is 61.9 Å². The maximum Gasteiger partial charge on any atom is 0.257 e. The fourth-order valence-corrected chi connectivity index (χ4v) is 4.32. The van der Waals surface area contributed by atoms with Gasteiger partial charge in [0.05, 0.1) is 16.9 Å². The van der Waals surface area contributed by atoms with E-state index in [1.54, 1.807) is 31.3 Å². The predicted molar refractivity (Wildman–Crippen MR) is 125 cm³/mol. The Morgan fingerprint density at radius 3 is 2.47 bits per heavy atom.